The summed E-state index contributed by atoms with van der Waals surface area (Å²) in [4.78, 5) is 77.0. The largest absolute Gasteiger partial charge is 0.494 e. The normalized spacial score (nSPS) is 17.7. The number of aryl methyl sites for hydroxylation is 1. The van der Waals surface area contributed by atoms with Crippen molar-refractivity contribution in [2.24, 2.45) is 5.41 Å². The number of nitrogens with zero attached hydrogens (tertiary/aromatic N) is 7. The maximum atomic E-state index is 14.1. The highest BCUT2D eigenvalue weighted by atomic mass is 35.5. The molecule has 442 valence electrons. The highest BCUT2D eigenvalue weighted by molar-refractivity contribution is 7.92. The van der Waals surface area contributed by atoms with Gasteiger partial charge in [0, 0.05) is 89.4 Å². The van der Waals surface area contributed by atoms with Crippen LogP contribution in [0.5, 0.6) is 5.75 Å². The van der Waals surface area contributed by atoms with Gasteiger partial charge in [0.05, 0.1) is 57.0 Å². The number of unbranched alkanes of at least 4 members (excludes halogenated alkanes) is 4. The van der Waals surface area contributed by atoms with Crippen LogP contribution < -0.4 is 30.9 Å². The third-order valence-corrected chi connectivity index (χ3v) is 19.2. The number of halogens is 1. The van der Waals surface area contributed by atoms with E-state index in [0.717, 1.165) is 105 Å². The summed E-state index contributed by atoms with van der Waals surface area (Å²) in [6.45, 7) is 16.1. The van der Waals surface area contributed by atoms with Crippen LogP contribution in [0.3, 0.4) is 0 Å². The van der Waals surface area contributed by atoms with Crippen molar-refractivity contribution in [3.8, 4) is 16.2 Å². The lowest BCUT2D eigenvalue weighted by atomic mass is 9.85. The van der Waals surface area contributed by atoms with Crippen molar-refractivity contribution in [2.75, 3.05) is 68.5 Å². The lowest BCUT2D eigenvalue weighted by molar-refractivity contribution is -0.144. The molecular formula is C60H80ClN11O8S2. The summed E-state index contributed by atoms with van der Waals surface area (Å²) in [5.74, 6) is 0.347. The Morgan fingerprint density at radius 2 is 1.56 bits per heavy atom. The van der Waals surface area contributed by atoms with E-state index >= 15 is 0 Å². The first-order valence-electron chi connectivity index (χ1n) is 28.6. The van der Waals surface area contributed by atoms with E-state index < -0.39 is 38.7 Å². The fourth-order valence-electron chi connectivity index (χ4n) is 10.9. The molecule has 3 aliphatic rings. The van der Waals surface area contributed by atoms with Gasteiger partial charge in [-0.05, 0) is 87.3 Å². The van der Waals surface area contributed by atoms with Crippen LogP contribution in [0.2, 0.25) is 5.02 Å². The van der Waals surface area contributed by atoms with Crippen molar-refractivity contribution < 1.29 is 37.4 Å². The van der Waals surface area contributed by atoms with Gasteiger partial charge in [0.2, 0.25) is 29.6 Å². The van der Waals surface area contributed by atoms with E-state index in [9.17, 15) is 32.7 Å². The molecule has 5 heterocycles. The van der Waals surface area contributed by atoms with Gasteiger partial charge in [-0.15, -0.1) is 11.3 Å². The second-order valence-electron chi connectivity index (χ2n) is 23.0. The second kappa shape index (κ2) is 27.8. The highest BCUT2D eigenvalue weighted by Gasteiger charge is 2.44. The van der Waals surface area contributed by atoms with Crippen molar-refractivity contribution in [1.82, 2.24) is 40.3 Å². The van der Waals surface area contributed by atoms with E-state index in [4.69, 9.17) is 16.3 Å². The predicted molar refractivity (Wildman–Crippen MR) is 323 cm³/mol. The number of carbonyl (C=O) groups is 4. The Hall–Kier alpha value is -6.39. The number of ether oxygens (including phenoxy) is 1. The zero-order valence-electron chi connectivity index (χ0n) is 48.3. The van der Waals surface area contributed by atoms with Crippen LogP contribution in [0, 0.1) is 12.3 Å². The number of piperazine rings is 1. The molecule has 1 unspecified atom stereocenters. The van der Waals surface area contributed by atoms with Gasteiger partial charge in [-0.25, -0.2) is 18.4 Å². The molecular weight excluding hydrogens is 1100 g/mol. The number of aliphatic hydroxyl groups excluding tert-OH is 1. The molecule has 19 nitrogen and oxygen atoms in total. The molecule has 82 heavy (non-hydrogen) atoms. The van der Waals surface area contributed by atoms with E-state index in [0.29, 0.717) is 36.0 Å². The number of sulfone groups is 1. The molecule has 3 aliphatic heterocycles. The van der Waals surface area contributed by atoms with Crippen molar-refractivity contribution in [3.05, 3.63) is 94.7 Å². The summed E-state index contributed by atoms with van der Waals surface area (Å²) in [5, 5.41) is 22.5. The predicted octanol–water partition coefficient (Wildman–Crippen LogP) is 8.89. The first-order chi connectivity index (χ1) is 39.2. The zero-order chi connectivity index (χ0) is 58.7. The number of para-hydroxylation sites is 1. The molecule has 5 N–H and O–H groups in total. The van der Waals surface area contributed by atoms with Gasteiger partial charge < -0.3 is 45.8 Å². The van der Waals surface area contributed by atoms with Gasteiger partial charge in [-0.2, -0.15) is 4.98 Å². The molecule has 0 spiro atoms. The number of anilines is 5. The number of rotatable bonds is 23. The van der Waals surface area contributed by atoms with Crippen LogP contribution in [0.4, 0.5) is 28.8 Å². The minimum absolute atomic E-state index is 0.0142. The smallest absolute Gasteiger partial charge is 0.246 e. The molecule has 3 aromatic carbocycles. The van der Waals surface area contributed by atoms with E-state index in [1.54, 1.807) is 56.6 Å². The van der Waals surface area contributed by atoms with E-state index in [1.807, 2.05) is 80.6 Å². The molecule has 22 heteroatoms. The first-order valence-corrected chi connectivity index (χ1v) is 31.4. The van der Waals surface area contributed by atoms with Gasteiger partial charge in [0.25, 0.3) is 0 Å². The fraction of sp³-hybridized carbons (Fsp3) is 0.517. The number of amides is 4. The van der Waals surface area contributed by atoms with Crippen molar-refractivity contribution in [1.29, 1.82) is 0 Å². The van der Waals surface area contributed by atoms with Crippen LogP contribution in [-0.4, -0.2) is 149 Å². The number of aromatic nitrogens is 3. The Morgan fingerprint density at radius 1 is 0.866 bits per heavy atom. The summed E-state index contributed by atoms with van der Waals surface area (Å²) in [6, 6.07) is 19.2. The van der Waals surface area contributed by atoms with Gasteiger partial charge in [0.15, 0.2) is 15.7 Å². The third-order valence-electron chi connectivity index (χ3n) is 15.8. The number of likely N-dealkylation sites (tertiary alicyclic amines) is 1. The third kappa shape index (κ3) is 15.6. The average molecular weight is 1180 g/mol. The van der Waals surface area contributed by atoms with Crippen LogP contribution >= 0.6 is 22.9 Å². The number of β-amino-alcohol motifs (C(OH)–C–C–N with tert-alkyl or cyclic N) is 1. The standard InChI is InChI=1S/C60H80ClN11O8S2/c1-39(2)82(78,79)51-16-14-13-15-48(51)65-56-46(61)36-63-59(68-56)66-47-24-23-44(33-50(47)80-7)69-27-25-43(26-28-69)70-29-31-71(32-30-70)53(75)18-12-10-8-9-11-17-52(74)67-55(60(4,5)6)58(77)72-37-45(73)34-49(72)57(76)62-35-41-19-21-42(22-20-41)54-40(3)64-38-81-54/h13-16,19-24,33,36,38-39,43,45,49,55,73H,8-12,17-18,25-32,34-35,37H2,1-7H3,(H,62,76)(H,67,74)(H2,63,65,66,68)/t45-,49+,55?/m1/s1. The zero-order valence-corrected chi connectivity index (χ0v) is 50.6. The Bertz CT molecular complexity index is 3120. The number of thiazole rings is 1. The van der Waals surface area contributed by atoms with Gasteiger partial charge in [-0.3, -0.25) is 24.1 Å². The summed E-state index contributed by atoms with van der Waals surface area (Å²) >= 11 is 8.06. The van der Waals surface area contributed by atoms with Crippen LogP contribution in [0.15, 0.2) is 83.3 Å². The van der Waals surface area contributed by atoms with Crippen molar-refractivity contribution in [2.45, 2.75) is 147 Å². The Kier molecular flexibility index (Phi) is 20.9. The minimum atomic E-state index is -3.58. The minimum Gasteiger partial charge on any atom is -0.494 e. The monoisotopic (exact) mass is 1180 g/mol. The van der Waals surface area contributed by atoms with E-state index in [1.165, 1.54) is 11.1 Å². The van der Waals surface area contributed by atoms with Gasteiger partial charge >= 0.3 is 0 Å². The topological polar surface area (TPSA) is 232 Å². The summed E-state index contributed by atoms with van der Waals surface area (Å²) in [5.41, 5.74) is 6.16. The van der Waals surface area contributed by atoms with Gasteiger partial charge in [-0.1, -0.05) is 88.0 Å². The number of carbonyl (C=O) groups excluding carboxylic acids is 4. The molecule has 3 fully saturated rings. The number of aliphatic hydroxyl groups is 1. The number of piperidine rings is 1. The lowest BCUT2D eigenvalue weighted by Crippen LogP contribution is -2.57. The molecule has 4 amide bonds. The van der Waals surface area contributed by atoms with Crippen LogP contribution in [-0.2, 0) is 35.6 Å². The number of nitrogens with one attached hydrogen (secondary N) is 4. The van der Waals surface area contributed by atoms with E-state index in [2.05, 4.69) is 46.0 Å². The Morgan fingerprint density at radius 3 is 2.23 bits per heavy atom. The highest BCUT2D eigenvalue weighted by Crippen LogP contribution is 2.36. The molecule has 0 saturated carbocycles. The fourth-order valence-corrected chi connectivity index (χ4v) is 13.1. The lowest BCUT2D eigenvalue weighted by Gasteiger charge is -2.43. The second-order valence-corrected chi connectivity index (χ2v) is 26.7. The molecule has 3 saturated heterocycles. The van der Waals surface area contributed by atoms with Crippen LogP contribution in [0.1, 0.15) is 110 Å². The number of hydrogen-bond acceptors (Lipinski definition) is 16. The van der Waals surface area contributed by atoms with E-state index in [-0.39, 0.29) is 71.2 Å². The molecule has 2 aromatic heterocycles. The average Bonchev–Trinajstić information content (AvgIpc) is 4.25. The summed E-state index contributed by atoms with van der Waals surface area (Å²) < 4.78 is 32.0. The quantitative estimate of drug-likeness (QED) is 0.0385. The van der Waals surface area contributed by atoms with Gasteiger partial charge in [0.1, 0.15) is 22.9 Å². The summed E-state index contributed by atoms with van der Waals surface area (Å²) in [6.07, 6.45) is 7.53. The SMILES string of the molecule is COc1cc(N2CCC(N3CCN(C(=O)CCCCCCCC(=O)NC(C(=O)N4C[C@H](O)C[C@H]4C(=O)NCc4ccc(-c5scnc5C)cc4)C(C)(C)C)CC3)CC2)ccc1Nc1ncc(Cl)c(Nc2ccccc2S(=O)(=O)C(C)C)n1. The molecule has 5 aromatic rings. The molecule has 3 atom stereocenters. The van der Waals surface area contributed by atoms with Crippen LogP contribution in [0.25, 0.3) is 10.4 Å². The number of methoxy groups -OCH3 is 1. The van der Waals surface area contributed by atoms with Crippen molar-refractivity contribution in [3.63, 3.8) is 0 Å². The number of benzene rings is 3. The Labute approximate surface area is 491 Å². The molecule has 0 bridgehead atoms. The van der Waals surface area contributed by atoms with Crippen molar-refractivity contribution >= 4 is 85.2 Å². The Balaban J connectivity index is 0.709. The summed E-state index contributed by atoms with van der Waals surface area (Å²) in [7, 11) is -1.97. The maximum absolute atomic E-state index is 14.1. The first kappa shape index (κ1) is 61.7. The molecule has 0 radical (unpaired) electrons. The molecule has 8 rings (SSSR count). The maximum Gasteiger partial charge on any atom is 0.246 e. The number of hydrogen-bond donors (Lipinski definition) is 5. The molecule has 0 aliphatic carbocycles.